The molecule has 1 aliphatic carbocycles. The number of fused-ring (bicyclic) bond motifs is 1. The zero-order valence-corrected chi connectivity index (χ0v) is 18.7. The first kappa shape index (κ1) is 20.7. The lowest BCUT2D eigenvalue weighted by Gasteiger charge is -2.31. The van der Waals surface area contributed by atoms with E-state index in [-0.39, 0.29) is 34.5 Å². The number of aromatic nitrogens is 5. The fourth-order valence-corrected chi connectivity index (χ4v) is 4.72. The van der Waals surface area contributed by atoms with E-state index >= 15 is 0 Å². The van der Waals surface area contributed by atoms with Crippen molar-refractivity contribution in [2.45, 2.75) is 58.0 Å². The Bertz CT molecular complexity index is 1320. The molecule has 1 amide bonds. The summed E-state index contributed by atoms with van der Waals surface area (Å²) in [7, 11) is 1.69. The van der Waals surface area contributed by atoms with Crippen LogP contribution in [0.2, 0.25) is 0 Å². The number of pyridine rings is 2. The highest BCUT2D eigenvalue weighted by atomic mass is 16.2. The zero-order valence-electron chi connectivity index (χ0n) is 18.7. The average molecular weight is 437 g/mol. The number of carbonyl (C=O) groups is 1. The minimum atomic E-state index is -0.267. The molecule has 32 heavy (non-hydrogen) atoms. The Kier molecular flexibility index (Phi) is 4.98. The van der Waals surface area contributed by atoms with Crippen LogP contribution in [-0.2, 0) is 13.6 Å². The summed E-state index contributed by atoms with van der Waals surface area (Å²) >= 11 is 0. The summed E-state index contributed by atoms with van der Waals surface area (Å²) in [6.45, 7) is 5.55. The number of rotatable bonds is 4. The van der Waals surface area contributed by atoms with Gasteiger partial charge in [0.25, 0.3) is 5.91 Å². The molecular weight excluding hydrogens is 408 g/mol. The van der Waals surface area contributed by atoms with Crippen molar-refractivity contribution in [1.29, 1.82) is 0 Å². The van der Waals surface area contributed by atoms with Crippen molar-refractivity contribution in [1.82, 2.24) is 28.8 Å². The van der Waals surface area contributed by atoms with Crippen molar-refractivity contribution in [3.63, 3.8) is 0 Å². The van der Waals surface area contributed by atoms with Crippen LogP contribution < -0.4 is 11.1 Å². The first-order chi connectivity index (χ1) is 15.4. The Morgan fingerprint density at radius 1 is 1.12 bits per heavy atom. The van der Waals surface area contributed by atoms with Crippen LogP contribution in [0.1, 0.15) is 66.4 Å². The Morgan fingerprint density at radius 2 is 1.84 bits per heavy atom. The summed E-state index contributed by atoms with van der Waals surface area (Å²) in [5, 5.41) is 4.98. The Morgan fingerprint density at radius 3 is 2.50 bits per heavy atom. The van der Waals surface area contributed by atoms with Gasteiger partial charge in [-0.3, -0.25) is 14.2 Å². The van der Waals surface area contributed by atoms with Crippen molar-refractivity contribution in [2.75, 3.05) is 13.1 Å². The first-order valence-electron chi connectivity index (χ1n) is 11.3. The fourth-order valence-electron chi connectivity index (χ4n) is 4.72. The molecule has 9 heteroatoms. The van der Waals surface area contributed by atoms with Gasteiger partial charge in [0.2, 0.25) is 5.43 Å². The average Bonchev–Trinajstić information content (AvgIpc) is 3.59. The molecule has 0 aromatic carbocycles. The second-order valence-electron chi connectivity index (χ2n) is 8.91. The van der Waals surface area contributed by atoms with E-state index in [0.29, 0.717) is 30.7 Å². The maximum Gasteiger partial charge on any atom is 0.345 e. The first-order valence-corrected chi connectivity index (χ1v) is 11.3. The summed E-state index contributed by atoms with van der Waals surface area (Å²) in [6.07, 6.45) is 5.15. The second kappa shape index (κ2) is 7.72. The number of piperidine rings is 1. The van der Waals surface area contributed by atoms with Gasteiger partial charge in [0.1, 0.15) is 17.0 Å². The van der Waals surface area contributed by atoms with Gasteiger partial charge in [0.05, 0.1) is 5.39 Å². The molecule has 3 aromatic rings. The maximum atomic E-state index is 13.3. The van der Waals surface area contributed by atoms with Crippen LogP contribution in [0.4, 0.5) is 0 Å². The fraction of sp³-hybridized carbons (Fsp3) is 0.522. The number of hydrogen-bond donors (Lipinski definition) is 0. The van der Waals surface area contributed by atoms with E-state index in [1.165, 1.54) is 4.68 Å². The van der Waals surface area contributed by atoms with Crippen LogP contribution in [0.3, 0.4) is 0 Å². The number of aryl methyl sites for hydroxylation is 3. The van der Waals surface area contributed by atoms with E-state index in [2.05, 4.69) is 10.1 Å². The van der Waals surface area contributed by atoms with Crippen LogP contribution in [0, 0.1) is 6.92 Å². The SMILES string of the molecule is CCn1cc(C(=O)N2CCC(c3nn(C)c(=O)n3C3CC3)CC2)c(=O)c2ccc(C)nc21. The summed E-state index contributed by atoms with van der Waals surface area (Å²) in [4.78, 5) is 45.1. The highest BCUT2D eigenvalue weighted by molar-refractivity contribution is 5.97. The van der Waals surface area contributed by atoms with Gasteiger partial charge in [-0.1, -0.05) is 0 Å². The predicted molar refractivity (Wildman–Crippen MR) is 120 cm³/mol. The molecule has 2 aliphatic rings. The van der Waals surface area contributed by atoms with Crippen molar-refractivity contribution in [3.8, 4) is 0 Å². The third kappa shape index (κ3) is 3.36. The standard InChI is InChI=1S/C23H28N6O3/c1-4-27-13-18(19(30)17-8-5-14(2)24-21(17)27)22(31)28-11-9-15(10-12-28)20-25-26(3)23(32)29(20)16-6-7-16/h5,8,13,15-16H,4,6-7,9-12H2,1-3H3. The lowest BCUT2D eigenvalue weighted by molar-refractivity contribution is 0.0708. The molecule has 0 N–H and O–H groups in total. The molecule has 9 nitrogen and oxygen atoms in total. The Hall–Kier alpha value is -3.23. The highest BCUT2D eigenvalue weighted by Gasteiger charge is 2.34. The van der Waals surface area contributed by atoms with Gasteiger partial charge in [0, 0.05) is 50.5 Å². The topological polar surface area (TPSA) is 95.0 Å². The van der Waals surface area contributed by atoms with Gasteiger partial charge in [-0.25, -0.2) is 14.5 Å². The third-order valence-corrected chi connectivity index (χ3v) is 6.67. The zero-order chi connectivity index (χ0) is 22.6. The summed E-state index contributed by atoms with van der Waals surface area (Å²) in [6, 6.07) is 3.83. The van der Waals surface area contributed by atoms with Gasteiger partial charge >= 0.3 is 5.69 Å². The summed E-state index contributed by atoms with van der Waals surface area (Å²) in [5.74, 6) is 0.746. The molecule has 4 heterocycles. The lowest BCUT2D eigenvalue weighted by atomic mass is 9.95. The quantitative estimate of drug-likeness (QED) is 0.623. The third-order valence-electron chi connectivity index (χ3n) is 6.67. The molecule has 0 bridgehead atoms. The van der Waals surface area contributed by atoms with Gasteiger partial charge in [-0.2, -0.15) is 5.10 Å². The van der Waals surface area contributed by atoms with E-state index in [1.54, 1.807) is 30.3 Å². The maximum absolute atomic E-state index is 13.3. The molecule has 1 aliphatic heterocycles. The van der Waals surface area contributed by atoms with E-state index < -0.39 is 0 Å². The number of amides is 1. The van der Waals surface area contributed by atoms with Gasteiger partial charge in [-0.05, 0) is 51.7 Å². The number of nitrogens with zero attached hydrogens (tertiary/aromatic N) is 6. The molecule has 1 saturated heterocycles. The van der Waals surface area contributed by atoms with E-state index in [1.807, 2.05) is 23.0 Å². The van der Waals surface area contributed by atoms with Crippen molar-refractivity contribution >= 4 is 16.9 Å². The molecule has 0 spiro atoms. The van der Waals surface area contributed by atoms with Crippen LogP contribution >= 0.6 is 0 Å². The Balaban J connectivity index is 1.40. The summed E-state index contributed by atoms with van der Waals surface area (Å²) in [5.41, 5.74) is 1.31. The predicted octanol–water partition coefficient (Wildman–Crippen LogP) is 1.97. The highest BCUT2D eigenvalue weighted by Crippen LogP contribution is 2.37. The number of likely N-dealkylation sites (tertiary alicyclic amines) is 1. The Labute approximate surface area is 185 Å². The van der Waals surface area contributed by atoms with Crippen molar-refractivity contribution < 1.29 is 4.79 Å². The second-order valence-corrected chi connectivity index (χ2v) is 8.91. The summed E-state index contributed by atoms with van der Waals surface area (Å²) < 4.78 is 5.13. The molecule has 0 unspecified atom stereocenters. The smallest absolute Gasteiger partial charge is 0.338 e. The molecule has 168 valence electrons. The van der Waals surface area contributed by atoms with Gasteiger partial charge < -0.3 is 9.47 Å². The normalized spacial score (nSPS) is 17.3. The monoisotopic (exact) mass is 436 g/mol. The largest absolute Gasteiger partial charge is 0.345 e. The van der Waals surface area contributed by atoms with Crippen LogP contribution in [0.25, 0.3) is 11.0 Å². The molecule has 1 saturated carbocycles. The van der Waals surface area contributed by atoms with E-state index in [4.69, 9.17) is 0 Å². The number of hydrogen-bond acceptors (Lipinski definition) is 5. The van der Waals surface area contributed by atoms with E-state index in [0.717, 1.165) is 37.2 Å². The molecule has 0 radical (unpaired) electrons. The van der Waals surface area contributed by atoms with Gasteiger partial charge in [0.15, 0.2) is 0 Å². The molecule has 5 rings (SSSR count). The van der Waals surface area contributed by atoms with Crippen molar-refractivity contribution in [3.05, 3.63) is 56.1 Å². The molecule has 3 aromatic heterocycles. The molecule has 2 fully saturated rings. The van der Waals surface area contributed by atoms with Crippen LogP contribution in [-0.4, -0.2) is 47.8 Å². The minimum Gasteiger partial charge on any atom is -0.338 e. The number of carbonyl (C=O) groups excluding carboxylic acids is 1. The molecular formula is C23H28N6O3. The van der Waals surface area contributed by atoms with Crippen molar-refractivity contribution in [2.24, 2.45) is 7.05 Å². The lowest BCUT2D eigenvalue weighted by Crippen LogP contribution is -2.40. The minimum absolute atomic E-state index is 0.0545. The van der Waals surface area contributed by atoms with Crippen LogP contribution in [0.5, 0.6) is 0 Å². The van der Waals surface area contributed by atoms with Gasteiger partial charge in [-0.15, -0.1) is 0 Å². The van der Waals surface area contributed by atoms with Crippen LogP contribution in [0.15, 0.2) is 27.9 Å². The molecule has 0 atom stereocenters. The van der Waals surface area contributed by atoms with E-state index in [9.17, 15) is 14.4 Å².